The lowest BCUT2D eigenvalue weighted by Crippen LogP contribution is -2.19. The summed E-state index contributed by atoms with van der Waals surface area (Å²) in [5.74, 6) is 0.746. The third-order valence-corrected chi connectivity index (χ3v) is 3.46. The van der Waals surface area contributed by atoms with Crippen LogP contribution < -0.4 is 5.32 Å². The van der Waals surface area contributed by atoms with E-state index < -0.39 is 0 Å². The first kappa shape index (κ1) is 11.9. The molecular formula is C14H19N3. The van der Waals surface area contributed by atoms with E-state index in [9.17, 15) is 0 Å². The summed E-state index contributed by atoms with van der Waals surface area (Å²) in [5.41, 5.74) is 2.00. The largest absolute Gasteiger partial charge is 0.366 e. The maximum absolute atomic E-state index is 9.06. The second kappa shape index (κ2) is 4.37. The first-order chi connectivity index (χ1) is 8.00. The Hall–Kier alpha value is -1.56. The molecule has 1 N–H and O–H groups in total. The van der Waals surface area contributed by atoms with Crippen molar-refractivity contribution in [1.29, 1.82) is 5.26 Å². The number of pyridine rings is 1. The fourth-order valence-electron chi connectivity index (χ4n) is 2.51. The Balaban J connectivity index is 2.14. The minimum absolute atomic E-state index is 0.411. The normalized spacial score (nSPS) is 22.1. The van der Waals surface area contributed by atoms with Gasteiger partial charge in [-0.05, 0) is 43.7 Å². The quantitative estimate of drug-likeness (QED) is 0.846. The van der Waals surface area contributed by atoms with Gasteiger partial charge in [0, 0.05) is 11.7 Å². The molecule has 2 rings (SSSR count). The number of nitrogens with zero attached hydrogens (tertiary/aromatic N) is 2. The molecule has 1 fully saturated rings. The fraction of sp³-hybridized carbons (Fsp3) is 0.571. The lowest BCUT2D eigenvalue weighted by Gasteiger charge is -2.18. The van der Waals surface area contributed by atoms with Crippen LogP contribution in [0.4, 0.5) is 5.82 Å². The Kier molecular flexibility index (Phi) is 3.06. The highest BCUT2D eigenvalue weighted by Gasteiger charge is 2.31. The van der Waals surface area contributed by atoms with E-state index in [-0.39, 0.29) is 0 Å². The standard InChI is InChI=1S/C14H19N3/c1-10-4-5-11(9-15)13(16-10)17-12-6-7-14(2,3)8-12/h4-5,12H,6-8H2,1-3H3,(H,16,17). The van der Waals surface area contributed by atoms with Gasteiger partial charge in [0.1, 0.15) is 11.9 Å². The van der Waals surface area contributed by atoms with E-state index >= 15 is 0 Å². The summed E-state index contributed by atoms with van der Waals surface area (Å²) >= 11 is 0. The molecule has 0 aliphatic heterocycles. The van der Waals surface area contributed by atoms with Gasteiger partial charge in [-0.1, -0.05) is 13.8 Å². The van der Waals surface area contributed by atoms with Crippen LogP contribution in [-0.4, -0.2) is 11.0 Å². The smallest absolute Gasteiger partial charge is 0.144 e. The van der Waals surface area contributed by atoms with Crippen LogP contribution in [0.3, 0.4) is 0 Å². The van der Waals surface area contributed by atoms with Gasteiger partial charge in [-0.15, -0.1) is 0 Å². The summed E-state index contributed by atoms with van der Waals surface area (Å²) in [6.45, 7) is 6.54. The van der Waals surface area contributed by atoms with Crippen molar-refractivity contribution in [2.75, 3.05) is 5.32 Å². The SMILES string of the molecule is Cc1ccc(C#N)c(NC2CCC(C)(C)C2)n1. The maximum atomic E-state index is 9.06. The number of nitriles is 1. The number of hydrogen-bond acceptors (Lipinski definition) is 3. The summed E-state index contributed by atoms with van der Waals surface area (Å²) in [6, 6.07) is 6.36. The average Bonchev–Trinajstić information content (AvgIpc) is 2.58. The lowest BCUT2D eigenvalue weighted by atomic mass is 9.92. The van der Waals surface area contributed by atoms with E-state index in [4.69, 9.17) is 5.26 Å². The monoisotopic (exact) mass is 229 g/mol. The Morgan fingerprint density at radius 1 is 1.47 bits per heavy atom. The first-order valence-corrected chi connectivity index (χ1v) is 6.14. The van der Waals surface area contributed by atoms with Crippen LogP contribution in [0.15, 0.2) is 12.1 Å². The van der Waals surface area contributed by atoms with Crippen LogP contribution in [0.25, 0.3) is 0 Å². The lowest BCUT2D eigenvalue weighted by molar-refractivity contribution is 0.378. The zero-order chi connectivity index (χ0) is 12.5. The summed E-state index contributed by atoms with van der Waals surface area (Å²) < 4.78 is 0. The minimum Gasteiger partial charge on any atom is -0.366 e. The molecule has 90 valence electrons. The van der Waals surface area contributed by atoms with Crippen molar-refractivity contribution in [2.45, 2.75) is 46.1 Å². The molecule has 1 aromatic heterocycles. The summed E-state index contributed by atoms with van der Waals surface area (Å²) in [5, 5.41) is 12.5. The van der Waals surface area contributed by atoms with Crippen molar-refractivity contribution >= 4 is 5.82 Å². The molecule has 1 heterocycles. The molecule has 3 nitrogen and oxygen atoms in total. The highest BCUT2D eigenvalue weighted by Crippen LogP contribution is 2.38. The molecule has 0 amide bonds. The molecule has 0 spiro atoms. The van der Waals surface area contributed by atoms with E-state index in [0.29, 0.717) is 17.0 Å². The minimum atomic E-state index is 0.411. The molecule has 1 atom stereocenters. The van der Waals surface area contributed by atoms with E-state index in [2.05, 4.69) is 30.2 Å². The number of nitrogens with one attached hydrogen (secondary N) is 1. The molecular weight excluding hydrogens is 210 g/mol. The van der Waals surface area contributed by atoms with Gasteiger partial charge in [0.15, 0.2) is 0 Å². The third-order valence-electron chi connectivity index (χ3n) is 3.46. The molecule has 1 saturated carbocycles. The zero-order valence-corrected chi connectivity index (χ0v) is 10.7. The summed E-state index contributed by atoms with van der Waals surface area (Å²) in [4.78, 5) is 4.42. The Labute approximate surface area is 103 Å². The number of aromatic nitrogens is 1. The van der Waals surface area contributed by atoms with Crippen molar-refractivity contribution in [1.82, 2.24) is 4.98 Å². The molecule has 0 radical (unpaired) electrons. The van der Waals surface area contributed by atoms with E-state index in [0.717, 1.165) is 24.4 Å². The van der Waals surface area contributed by atoms with Crippen molar-refractivity contribution in [3.8, 4) is 6.07 Å². The molecule has 3 heteroatoms. The van der Waals surface area contributed by atoms with Gasteiger partial charge in [-0.3, -0.25) is 0 Å². The van der Waals surface area contributed by atoms with E-state index in [1.54, 1.807) is 0 Å². The highest BCUT2D eigenvalue weighted by atomic mass is 15.0. The molecule has 0 bridgehead atoms. The zero-order valence-electron chi connectivity index (χ0n) is 10.7. The number of aryl methyl sites for hydroxylation is 1. The fourth-order valence-corrected chi connectivity index (χ4v) is 2.51. The average molecular weight is 229 g/mol. The predicted octanol–water partition coefficient (Wildman–Crippen LogP) is 3.25. The van der Waals surface area contributed by atoms with Crippen LogP contribution in [0.1, 0.15) is 44.4 Å². The van der Waals surface area contributed by atoms with Crippen LogP contribution in [0.5, 0.6) is 0 Å². The molecule has 1 aliphatic carbocycles. The Morgan fingerprint density at radius 2 is 2.24 bits per heavy atom. The van der Waals surface area contributed by atoms with Crippen LogP contribution in [0, 0.1) is 23.7 Å². The maximum Gasteiger partial charge on any atom is 0.144 e. The van der Waals surface area contributed by atoms with Gasteiger partial charge < -0.3 is 5.32 Å². The second-order valence-electron chi connectivity index (χ2n) is 5.71. The Bertz CT molecular complexity index is 457. The van der Waals surface area contributed by atoms with Gasteiger partial charge in [0.25, 0.3) is 0 Å². The molecule has 1 unspecified atom stereocenters. The number of rotatable bonds is 2. The molecule has 17 heavy (non-hydrogen) atoms. The molecule has 1 aliphatic rings. The Morgan fingerprint density at radius 3 is 2.82 bits per heavy atom. The van der Waals surface area contributed by atoms with E-state index in [1.807, 2.05) is 19.1 Å². The van der Waals surface area contributed by atoms with Crippen LogP contribution >= 0.6 is 0 Å². The molecule has 1 aromatic rings. The summed E-state index contributed by atoms with van der Waals surface area (Å²) in [7, 11) is 0. The van der Waals surface area contributed by atoms with Gasteiger partial charge in [-0.2, -0.15) is 5.26 Å². The number of anilines is 1. The van der Waals surface area contributed by atoms with Crippen molar-refractivity contribution in [3.05, 3.63) is 23.4 Å². The van der Waals surface area contributed by atoms with Gasteiger partial charge >= 0.3 is 0 Å². The van der Waals surface area contributed by atoms with Gasteiger partial charge in [-0.25, -0.2) is 4.98 Å². The van der Waals surface area contributed by atoms with Crippen molar-refractivity contribution in [2.24, 2.45) is 5.41 Å². The third kappa shape index (κ3) is 2.76. The molecule has 0 aromatic carbocycles. The van der Waals surface area contributed by atoms with Crippen LogP contribution in [0.2, 0.25) is 0 Å². The highest BCUT2D eigenvalue weighted by molar-refractivity contribution is 5.52. The van der Waals surface area contributed by atoms with Gasteiger partial charge in [0.2, 0.25) is 0 Å². The predicted molar refractivity (Wildman–Crippen MR) is 68.7 cm³/mol. The van der Waals surface area contributed by atoms with E-state index in [1.165, 1.54) is 6.42 Å². The topological polar surface area (TPSA) is 48.7 Å². The van der Waals surface area contributed by atoms with Crippen molar-refractivity contribution in [3.63, 3.8) is 0 Å². The molecule has 0 saturated heterocycles. The van der Waals surface area contributed by atoms with Crippen LogP contribution in [-0.2, 0) is 0 Å². The first-order valence-electron chi connectivity index (χ1n) is 6.14. The van der Waals surface area contributed by atoms with Crippen molar-refractivity contribution < 1.29 is 0 Å². The van der Waals surface area contributed by atoms with Gasteiger partial charge in [0.05, 0.1) is 5.56 Å². The number of hydrogen-bond donors (Lipinski definition) is 1. The second-order valence-corrected chi connectivity index (χ2v) is 5.71. The summed E-state index contributed by atoms with van der Waals surface area (Å²) in [6.07, 6.45) is 3.54.